The molecule has 4 fully saturated rings. The van der Waals surface area contributed by atoms with E-state index in [2.05, 4.69) is 34.2 Å². The predicted octanol–water partition coefficient (Wildman–Crippen LogP) is 5.39. The number of likely N-dealkylation sites (tertiary alicyclic amines) is 2. The minimum Gasteiger partial charge on any atom is -0.465 e. The van der Waals surface area contributed by atoms with E-state index >= 15 is 0 Å². The molecule has 18 nitrogen and oxygen atoms in total. The van der Waals surface area contributed by atoms with Gasteiger partial charge in [-0.2, -0.15) is 0 Å². The van der Waals surface area contributed by atoms with Crippen LogP contribution in [0.4, 0.5) is 9.59 Å². The maximum absolute atomic E-state index is 13.2. The molecule has 4 saturated heterocycles. The van der Waals surface area contributed by atoms with Crippen molar-refractivity contribution in [2.75, 3.05) is 39.5 Å². The van der Waals surface area contributed by atoms with Crippen LogP contribution in [0.3, 0.4) is 0 Å². The monoisotopic (exact) mass is 850 g/mol. The molecule has 62 heavy (non-hydrogen) atoms. The third-order valence-corrected chi connectivity index (χ3v) is 12.4. The number of rotatable bonds is 10. The number of ether oxygens (including phenoxy) is 4. The molecule has 6 heterocycles. The van der Waals surface area contributed by atoms with Gasteiger partial charge in [0.25, 0.3) is 0 Å². The summed E-state index contributed by atoms with van der Waals surface area (Å²) in [6.07, 6.45) is -1.96. The smallest absolute Gasteiger partial charge is 0.411 e. The Kier molecular flexibility index (Phi) is 10.8. The van der Waals surface area contributed by atoms with Crippen molar-refractivity contribution in [3.05, 3.63) is 72.3 Å². The highest BCUT2D eigenvalue weighted by atomic mass is 16.7. The largest absolute Gasteiger partial charge is 0.465 e. The fraction of sp³-hybridized carbons (Fsp3) is 0.455. The van der Waals surface area contributed by atoms with Gasteiger partial charge in [0.15, 0.2) is 11.6 Å². The van der Waals surface area contributed by atoms with Crippen LogP contribution in [0.2, 0.25) is 0 Å². The lowest BCUT2D eigenvalue weighted by atomic mass is 10.00. The zero-order valence-electron chi connectivity index (χ0n) is 34.8. The van der Waals surface area contributed by atoms with Crippen molar-refractivity contribution >= 4 is 46.1 Å². The van der Waals surface area contributed by atoms with Crippen LogP contribution in [0, 0.1) is 11.8 Å². The molecule has 4 aliphatic heterocycles. The molecule has 0 aliphatic carbocycles. The second kappa shape index (κ2) is 16.2. The number of hydrogen-bond donors (Lipinski definition) is 6. The summed E-state index contributed by atoms with van der Waals surface area (Å²) >= 11 is 0. The molecule has 9 rings (SSSR count). The maximum atomic E-state index is 13.2. The van der Waals surface area contributed by atoms with E-state index in [1.165, 1.54) is 0 Å². The van der Waals surface area contributed by atoms with E-state index in [1.54, 1.807) is 0 Å². The number of H-pyrrole nitrogens is 2. The molecule has 2 spiro atoms. The summed E-state index contributed by atoms with van der Waals surface area (Å²) in [4.78, 5) is 70.1. The Morgan fingerprint density at radius 2 is 0.968 bits per heavy atom. The minimum absolute atomic E-state index is 0.212. The number of nitrogens with one attached hydrogen (secondary N) is 4. The van der Waals surface area contributed by atoms with Crippen molar-refractivity contribution in [1.82, 2.24) is 40.4 Å². The van der Waals surface area contributed by atoms with Gasteiger partial charge in [-0.25, -0.2) is 19.6 Å². The van der Waals surface area contributed by atoms with E-state index in [-0.39, 0.29) is 24.9 Å². The highest BCUT2D eigenvalue weighted by Crippen LogP contribution is 2.46. The molecule has 18 heteroatoms. The molecule has 326 valence electrons. The zero-order chi connectivity index (χ0) is 43.5. The van der Waals surface area contributed by atoms with Crippen LogP contribution in [0.15, 0.2) is 60.7 Å². The number of fused-ring (bicyclic) bond motifs is 2. The molecule has 6 N–H and O–H groups in total. The van der Waals surface area contributed by atoms with Gasteiger partial charge in [-0.05, 0) is 58.4 Å². The predicted molar refractivity (Wildman–Crippen MR) is 224 cm³/mol. The van der Waals surface area contributed by atoms with Gasteiger partial charge in [-0.1, -0.05) is 64.1 Å². The number of aromatic amines is 2. The van der Waals surface area contributed by atoms with Crippen LogP contribution < -0.4 is 10.6 Å². The number of carboxylic acid groups (broad SMARTS) is 2. The number of hydrogen-bond acceptors (Lipinski definition) is 12. The maximum Gasteiger partial charge on any atom is 0.411 e. The lowest BCUT2D eigenvalue weighted by Crippen LogP contribution is -2.52. The van der Waals surface area contributed by atoms with E-state index in [1.807, 2.05) is 84.5 Å². The number of imidazole rings is 2. The summed E-state index contributed by atoms with van der Waals surface area (Å²) in [5, 5.41) is 22.8. The van der Waals surface area contributed by atoms with Gasteiger partial charge in [-0.15, -0.1) is 0 Å². The normalized spacial score (nSPS) is 22.1. The number of carbonyl (C=O) groups excluding carboxylic acids is 2. The van der Waals surface area contributed by atoms with Gasteiger partial charge in [0.1, 0.15) is 11.6 Å². The molecule has 0 bridgehead atoms. The first kappa shape index (κ1) is 41.6. The Morgan fingerprint density at radius 3 is 1.31 bits per heavy atom. The highest BCUT2D eigenvalue weighted by Gasteiger charge is 2.55. The second-order valence-electron chi connectivity index (χ2n) is 17.3. The minimum atomic E-state index is -1.40. The first-order valence-electron chi connectivity index (χ1n) is 21.0. The third-order valence-electron chi connectivity index (χ3n) is 12.4. The van der Waals surface area contributed by atoms with Crippen LogP contribution in [0.25, 0.3) is 44.3 Å². The van der Waals surface area contributed by atoms with Crippen molar-refractivity contribution in [2.24, 2.45) is 11.8 Å². The first-order chi connectivity index (χ1) is 29.7. The van der Waals surface area contributed by atoms with Gasteiger partial charge in [-0.3, -0.25) is 30.0 Å². The van der Waals surface area contributed by atoms with Gasteiger partial charge in [0.2, 0.25) is 11.8 Å². The van der Waals surface area contributed by atoms with E-state index in [9.17, 15) is 29.4 Å². The quantitative estimate of drug-likeness (QED) is 0.103. The first-order valence-corrected chi connectivity index (χ1v) is 21.0. The summed E-state index contributed by atoms with van der Waals surface area (Å²) in [6.45, 7) is 9.83. The molecule has 4 atom stereocenters. The van der Waals surface area contributed by atoms with E-state index in [4.69, 9.17) is 28.9 Å². The Balaban J connectivity index is 0.959. The Bertz CT molecular complexity index is 2350. The molecule has 2 aromatic heterocycles. The summed E-state index contributed by atoms with van der Waals surface area (Å²) < 4.78 is 24.3. The summed E-state index contributed by atoms with van der Waals surface area (Å²) in [5.41, 5.74) is 7.02. The molecule has 4 amide bonds. The average molecular weight is 851 g/mol. The topological polar surface area (TPSA) is 234 Å². The van der Waals surface area contributed by atoms with E-state index < -0.39 is 59.7 Å². The number of aromatic nitrogens is 4. The molecule has 0 unspecified atom stereocenters. The molecule has 3 aromatic carbocycles. The number of nitrogens with zero attached hydrogens (tertiary/aromatic N) is 4. The average Bonchev–Trinajstić information content (AvgIpc) is 4.09. The molecule has 0 radical (unpaired) electrons. The number of amides is 4. The lowest BCUT2D eigenvalue weighted by Gasteiger charge is -2.33. The summed E-state index contributed by atoms with van der Waals surface area (Å²) in [5.74, 6) is -2.20. The molecular weight excluding hydrogens is 801 g/mol. The molecule has 4 aliphatic rings. The van der Waals surface area contributed by atoms with E-state index in [0.29, 0.717) is 50.9 Å². The lowest BCUT2D eigenvalue weighted by molar-refractivity contribution is -0.150. The fourth-order valence-corrected chi connectivity index (χ4v) is 9.85. The van der Waals surface area contributed by atoms with Crippen LogP contribution in [-0.2, 0) is 28.5 Å². The van der Waals surface area contributed by atoms with Gasteiger partial charge >= 0.3 is 12.2 Å². The van der Waals surface area contributed by atoms with Crippen LogP contribution in [0.1, 0.15) is 64.3 Å². The van der Waals surface area contributed by atoms with Crippen molar-refractivity contribution in [2.45, 2.75) is 76.3 Å². The van der Waals surface area contributed by atoms with Crippen LogP contribution >= 0.6 is 0 Å². The van der Waals surface area contributed by atoms with Gasteiger partial charge in [0.05, 0.1) is 85.8 Å². The third kappa shape index (κ3) is 7.82. The Labute approximate surface area is 356 Å². The SMILES string of the molecule is CC(C)[C@@H](C(=O)NC(=O)O)N1CC2(C[C@H]1c1nc3cc(-c4ccc(-c5ccc6[nH]c([C@@H]7CC8(CN7[C@H](C(=O)NC(=O)O)C(C)C)OCCO8)nc6c5)cc4)ccc3[nH]1)OCCO2. The Morgan fingerprint density at radius 1 is 0.613 bits per heavy atom. The number of carbonyl (C=O) groups is 4. The van der Waals surface area contributed by atoms with E-state index in [0.717, 1.165) is 44.3 Å². The van der Waals surface area contributed by atoms with Gasteiger partial charge < -0.3 is 39.1 Å². The molecular formula is C44H50N8O10. The second-order valence-corrected chi connectivity index (χ2v) is 17.3. The van der Waals surface area contributed by atoms with Crippen molar-refractivity contribution < 1.29 is 48.3 Å². The van der Waals surface area contributed by atoms with Crippen molar-refractivity contribution in [3.63, 3.8) is 0 Å². The number of benzene rings is 3. The van der Waals surface area contributed by atoms with Crippen LogP contribution in [0.5, 0.6) is 0 Å². The highest BCUT2D eigenvalue weighted by molar-refractivity contribution is 5.95. The molecule has 0 saturated carbocycles. The van der Waals surface area contributed by atoms with Crippen molar-refractivity contribution in [3.8, 4) is 22.3 Å². The fourth-order valence-electron chi connectivity index (χ4n) is 9.85. The Hall–Kier alpha value is -5.76. The summed E-state index contributed by atoms with van der Waals surface area (Å²) in [7, 11) is 0. The van der Waals surface area contributed by atoms with Gasteiger partial charge in [0, 0.05) is 12.8 Å². The van der Waals surface area contributed by atoms with Crippen molar-refractivity contribution in [1.29, 1.82) is 0 Å². The van der Waals surface area contributed by atoms with Crippen LogP contribution in [-0.4, -0.2) is 127 Å². The number of imide groups is 2. The standard InChI is InChI=1S/C44H50N8O10/c1-23(2)35(39(53)49-41(55)56)51-21-43(59-13-14-60-43)19-33(51)37-45-29-11-9-27(17-31(29)47-37)25-5-7-26(8-6-25)28-10-12-30-32(18-28)48-38(46-30)34-20-44(61-15-16-62-44)22-52(34)36(24(3)4)40(54)50-42(57)58/h5-12,17-18,23-24,33-36H,13-16,19-22H2,1-4H3,(H,45,47)(H,46,48)(H,49,53)(H,50,54)(H,55,56)(H,57,58)/t33-,34-,35-,36-/m0/s1. The molecule has 5 aromatic rings. The summed E-state index contributed by atoms with van der Waals surface area (Å²) in [6, 6.07) is 17.9. The zero-order valence-corrected chi connectivity index (χ0v) is 34.8.